The minimum Gasteiger partial charge on any atom is -0.454 e. The monoisotopic (exact) mass is 271 g/mol. The first-order valence-electron chi connectivity index (χ1n) is 6.96. The first kappa shape index (κ1) is 11.8. The van der Waals surface area contributed by atoms with E-state index in [0.717, 1.165) is 47.6 Å². The van der Waals surface area contributed by atoms with E-state index in [1.54, 1.807) is 0 Å². The van der Waals surface area contributed by atoms with E-state index >= 15 is 0 Å². The number of nitrogens with zero attached hydrogens (tertiary/aromatic N) is 2. The van der Waals surface area contributed by atoms with E-state index in [2.05, 4.69) is 15.2 Å². The van der Waals surface area contributed by atoms with Crippen LogP contribution in [-0.2, 0) is 0 Å². The zero-order valence-electron chi connectivity index (χ0n) is 11.4. The van der Waals surface area contributed by atoms with Gasteiger partial charge in [-0.15, -0.1) is 0 Å². The molecule has 1 aromatic heterocycles. The van der Waals surface area contributed by atoms with E-state index in [9.17, 15) is 0 Å². The fourth-order valence-corrected chi connectivity index (χ4v) is 2.99. The van der Waals surface area contributed by atoms with Crippen molar-refractivity contribution in [2.45, 2.75) is 12.5 Å². The molecule has 1 N–H and O–H groups in total. The van der Waals surface area contributed by atoms with Crippen LogP contribution in [0.2, 0.25) is 0 Å². The summed E-state index contributed by atoms with van der Waals surface area (Å²) < 4.78 is 10.9. The van der Waals surface area contributed by atoms with Crippen molar-refractivity contribution in [1.29, 1.82) is 0 Å². The summed E-state index contributed by atoms with van der Waals surface area (Å²) in [5.74, 6) is 2.68. The SMILES string of the molecule is CNC1CCN(c2nccc3cc4c(cc23)OCO4)C1. The van der Waals surface area contributed by atoms with Crippen molar-refractivity contribution in [1.82, 2.24) is 10.3 Å². The number of anilines is 1. The molecule has 4 rings (SSSR count). The number of benzene rings is 1. The molecule has 0 saturated carbocycles. The van der Waals surface area contributed by atoms with Crippen LogP contribution in [0.3, 0.4) is 0 Å². The Labute approximate surface area is 117 Å². The van der Waals surface area contributed by atoms with Crippen LogP contribution in [0, 0.1) is 0 Å². The normalized spacial score (nSPS) is 20.9. The topological polar surface area (TPSA) is 46.6 Å². The van der Waals surface area contributed by atoms with Gasteiger partial charge in [-0.05, 0) is 37.1 Å². The third-order valence-electron chi connectivity index (χ3n) is 4.13. The van der Waals surface area contributed by atoms with Gasteiger partial charge in [-0.1, -0.05) is 0 Å². The van der Waals surface area contributed by atoms with Crippen LogP contribution >= 0.6 is 0 Å². The van der Waals surface area contributed by atoms with Crippen molar-refractivity contribution >= 4 is 16.6 Å². The second kappa shape index (κ2) is 4.52. The molecule has 0 amide bonds. The molecule has 2 aromatic rings. The summed E-state index contributed by atoms with van der Waals surface area (Å²) in [5, 5.41) is 5.62. The van der Waals surface area contributed by atoms with E-state index in [0.29, 0.717) is 12.8 Å². The van der Waals surface area contributed by atoms with Gasteiger partial charge in [0.15, 0.2) is 11.5 Å². The second-order valence-corrected chi connectivity index (χ2v) is 5.28. The fraction of sp³-hybridized carbons (Fsp3) is 0.400. The third kappa shape index (κ3) is 1.78. The molecule has 20 heavy (non-hydrogen) atoms. The lowest BCUT2D eigenvalue weighted by atomic mass is 10.1. The van der Waals surface area contributed by atoms with Crippen molar-refractivity contribution in [3.8, 4) is 11.5 Å². The van der Waals surface area contributed by atoms with Crippen molar-refractivity contribution in [2.24, 2.45) is 0 Å². The van der Waals surface area contributed by atoms with Gasteiger partial charge in [0.25, 0.3) is 0 Å². The van der Waals surface area contributed by atoms with Crippen molar-refractivity contribution in [2.75, 3.05) is 31.8 Å². The Balaban J connectivity index is 1.80. The predicted molar refractivity (Wildman–Crippen MR) is 77.5 cm³/mol. The molecule has 5 heteroatoms. The highest BCUT2D eigenvalue weighted by Gasteiger charge is 2.24. The molecule has 5 nitrogen and oxygen atoms in total. The first-order valence-corrected chi connectivity index (χ1v) is 6.96. The summed E-state index contributed by atoms with van der Waals surface area (Å²) in [6.07, 6.45) is 3.02. The molecule has 1 aromatic carbocycles. The molecular weight excluding hydrogens is 254 g/mol. The predicted octanol–water partition coefficient (Wildman–Crippen LogP) is 1.76. The van der Waals surface area contributed by atoms with Crippen molar-refractivity contribution in [3.05, 3.63) is 24.4 Å². The molecule has 2 aliphatic rings. The number of likely N-dealkylation sites (N-methyl/N-ethyl adjacent to an activating group) is 1. The van der Waals surface area contributed by atoms with Crippen molar-refractivity contribution in [3.63, 3.8) is 0 Å². The van der Waals surface area contributed by atoms with E-state index in [1.807, 2.05) is 31.4 Å². The minimum atomic E-state index is 0.306. The Morgan fingerprint density at radius 2 is 2.15 bits per heavy atom. The Morgan fingerprint density at radius 1 is 1.30 bits per heavy atom. The summed E-state index contributed by atoms with van der Waals surface area (Å²) in [7, 11) is 2.02. The van der Waals surface area contributed by atoms with Gasteiger partial charge in [-0.25, -0.2) is 4.98 Å². The van der Waals surface area contributed by atoms with Gasteiger partial charge in [-0.2, -0.15) is 0 Å². The minimum absolute atomic E-state index is 0.306. The standard InChI is InChI=1S/C15H17N3O2/c1-16-11-3-5-18(8-11)15-12-7-14-13(19-9-20-14)6-10(12)2-4-17-15/h2,4,6-7,11,16H,3,5,8-9H2,1H3. The molecule has 1 fully saturated rings. The maximum atomic E-state index is 5.49. The molecule has 1 saturated heterocycles. The second-order valence-electron chi connectivity index (χ2n) is 5.28. The quantitative estimate of drug-likeness (QED) is 0.902. The highest BCUT2D eigenvalue weighted by molar-refractivity contribution is 5.94. The molecule has 104 valence electrons. The Kier molecular flexibility index (Phi) is 2.67. The zero-order chi connectivity index (χ0) is 13.5. The van der Waals surface area contributed by atoms with Crippen LogP contribution in [-0.4, -0.2) is 38.0 Å². The smallest absolute Gasteiger partial charge is 0.231 e. The summed E-state index contributed by atoms with van der Waals surface area (Å²) >= 11 is 0. The number of rotatable bonds is 2. The largest absolute Gasteiger partial charge is 0.454 e. The lowest BCUT2D eigenvalue weighted by molar-refractivity contribution is 0.174. The Bertz CT molecular complexity index is 659. The van der Waals surface area contributed by atoms with Crippen LogP contribution in [0.15, 0.2) is 24.4 Å². The van der Waals surface area contributed by atoms with E-state index in [1.165, 1.54) is 0 Å². The summed E-state index contributed by atoms with van der Waals surface area (Å²) in [6.45, 7) is 2.34. The highest BCUT2D eigenvalue weighted by atomic mass is 16.7. The molecule has 1 unspecified atom stereocenters. The number of hydrogen-bond donors (Lipinski definition) is 1. The summed E-state index contributed by atoms with van der Waals surface area (Å²) in [4.78, 5) is 6.92. The highest BCUT2D eigenvalue weighted by Crippen LogP contribution is 2.39. The van der Waals surface area contributed by atoms with E-state index < -0.39 is 0 Å². The van der Waals surface area contributed by atoms with Gasteiger partial charge >= 0.3 is 0 Å². The molecule has 3 heterocycles. The Hall–Kier alpha value is -2.01. The summed E-state index contributed by atoms with van der Waals surface area (Å²) in [6, 6.07) is 6.65. The molecular formula is C15H17N3O2. The zero-order valence-corrected chi connectivity index (χ0v) is 11.4. The lowest BCUT2D eigenvalue weighted by Crippen LogP contribution is -2.29. The van der Waals surface area contributed by atoms with Crippen LogP contribution in [0.4, 0.5) is 5.82 Å². The molecule has 0 spiro atoms. The van der Waals surface area contributed by atoms with Gasteiger partial charge in [0, 0.05) is 30.7 Å². The number of pyridine rings is 1. The number of hydrogen-bond acceptors (Lipinski definition) is 5. The van der Waals surface area contributed by atoms with E-state index in [-0.39, 0.29) is 0 Å². The van der Waals surface area contributed by atoms with Gasteiger partial charge in [0.1, 0.15) is 5.82 Å². The molecule has 1 atom stereocenters. The van der Waals surface area contributed by atoms with Crippen LogP contribution in [0.5, 0.6) is 11.5 Å². The average Bonchev–Trinajstić information content (AvgIpc) is 3.12. The van der Waals surface area contributed by atoms with Crippen LogP contribution < -0.4 is 19.7 Å². The average molecular weight is 271 g/mol. The number of nitrogens with one attached hydrogen (secondary N) is 1. The number of aromatic nitrogens is 1. The van der Waals surface area contributed by atoms with Gasteiger partial charge in [0.05, 0.1) is 0 Å². The maximum absolute atomic E-state index is 5.49. The van der Waals surface area contributed by atoms with Crippen molar-refractivity contribution < 1.29 is 9.47 Å². The molecule has 0 radical (unpaired) electrons. The maximum Gasteiger partial charge on any atom is 0.231 e. The third-order valence-corrected chi connectivity index (χ3v) is 4.13. The molecule has 2 aliphatic heterocycles. The van der Waals surface area contributed by atoms with Crippen LogP contribution in [0.25, 0.3) is 10.8 Å². The van der Waals surface area contributed by atoms with E-state index in [4.69, 9.17) is 9.47 Å². The number of fused-ring (bicyclic) bond motifs is 2. The van der Waals surface area contributed by atoms with Crippen LogP contribution in [0.1, 0.15) is 6.42 Å². The van der Waals surface area contributed by atoms with Gasteiger partial charge in [-0.3, -0.25) is 0 Å². The Morgan fingerprint density at radius 3 is 2.95 bits per heavy atom. The molecule has 0 aliphatic carbocycles. The van der Waals surface area contributed by atoms with Gasteiger partial charge in [0.2, 0.25) is 6.79 Å². The first-order chi connectivity index (χ1) is 9.85. The van der Waals surface area contributed by atoms with Gasteiger partial charge < -0.3 is 19.7 Å². The number of ether oxygens (including phenoxy) is 2. The fourth-order valence-electron chi connectivity index (χ4n) is 2.99. The molecule has 0 bridgehead atoms. The lowest BCUT2D eigenvalue weighted by Gasteiger charge is -2.19. The summed E-state index contributed by atoms with van der Waals surface area (Å²) in [5.41, 5.74) is 0.